The summed E-state index contributed by atoms with van der Waals surface area (Å²) in [6.07, 6.45) is 0. The van der Waals surface area contributed by atoms with Gasteiger partial charge < -0.3 is 5.73 Å². The molecule has 0 atom stereocenters. The maximum Gasteiger partial charge on any atom is 0.0640 e. The van der Waals surface area contributed by atoms with E-state index < -0.39 is 0 Å². The molecular weight excluding hydrogens is 164 g/mol. The standard InChI is InChI=1S/C6H5ClN4/c7-5-3-4(10-11-9)1-2-6(5)8/h1-3H,8H2. The van der Waals surface area contributed by atoms with Crippen LogP contribution in [0.3, 0.4) is 0 Å². The lowest BCUT2D eigenvalue weighted by atomic mass is 10.3. The van der Waals surface area contributed by atoms with Gasteiger partial charge in [-0.1, -0.05) is 22.8 Å². The molecule has 5 heteroatoms. The van der Waals surface area contributed by atoms with Gasteiger partial charge in [-0.15, -0.1) is 0 Å². The second-order valence-corrected chi connectivity index (χ2v) is 2.30. The highest BCUT2D eigenvalue weighted by Gasteiger charge is 1.94. The fourth-order valence-corrected chi connectivity index (χ4v) is 0.805. The van der Waals surface area contributed by atoms with E-state index >= 15 is 0 Å². The van der Waals surface area contributed by atoms with Gasteiger partial charge in [0.05, 0.1) is 10.7 Å². The molecule has 0 aliphatic carbocycles. The zero-order chi connectivity index (χ0) is 8.27. The van der Waals surface area contributed by atoms with Gasteiger partial charge in [0.25, 0.3) is 0 Å². The van der Waals surface area contributed by atoms with Gasteiger partial charge in [0.15, 0.2) is 0 Å². The largest absolute Gasteiger partial charge is 0.398 e. The fraction of sp³-hybridized carbons (Fsp3) is 0. The molecule has 0 radical (unpaired) electrons. The molecule has 0 saturated carbocycles. The van der Waals surface area contributed by atoms with Crippen molar-refractivity contribution in [1.29, 1.82) is 0 Å². The molecule has 1 aromatic rings. The third-order valence-corrected chi connectivity index (χ3v) is 1.47. The predicted molar refractivity (Wildman–Crippen MR) is 44.7 cm³/mol. The number of anilines is 1. The van der Waals surface area contributed by atoms with Gasteiger partial charge in [-0.3, -0.25) is 0 Å². The molecule has 0 heterocycles. The minimum absolute atomic E-state index is 0.398. The van der Waals surface area contributed by atoms with Crippen molar-refractivity contribution < 1.29 is 0 Å². The summed E-state index contributed by atoms with van der Waals surface area (Å²) < 4.78 is 0. The Morgan fingerprint density at radius 1 is 1.55 bits per heavy atom. The summed E-state index contributed by atoms with van der Waals surface area (Å²) in [6, 6.07) is 4.70. The first-order valence-corrected chi connectivity index (χ1v) is 3.22. The van der Waals surface area contributed by atoms with Crippen molar-refractivity contribution in [3.63, 3.8) is 0 Å². The summed E-state index contributed by atoms with van der Waals surface area (Å²) in [7, 11) is 0. The number of rotatable bonds is 1. The molecule has 11 heavy (non-hydrogen) atoms. The average molecular weight is 169 g/mol. The molecule has 0 amide bonds. The topological polar surface area (TPSA) is 74.8 Å². The first kappa shape index (κ1) is 7.72. The van der Waals surface area contributed by atoms with Crippen LogP contribution in [0, 0.1) is 0 Å². The van der Waals surface area contributed by atoms with E-state index in [1.807, 2.05) is 0 Å². The van der Waals surface area contributed by atoms with Crippen molar-refractivity contribution >= 4 is 23.0 Å². The van der Waals surface area contributed by atoms with Crippen LogP contribution >= 0.6 is 11.6 Å². The second kappa shape index (κ2) is 3.14. The number of halogens is 1. The Hall–Kier alpha value is -1.38. The number of nitrogens with zero attached hydrogens (tertiary/aromatic N) is 3. The first-order chi connectivity index (χ1) is 5.24. The molecule has 2 N–H and O–H groups in total. The Morgan fingerprint density at radius 2 is 2.27 bits per heavy atom. The van der Waals surface area contributed by atoms with Crippen molar-refractivity contribution in [3.05, 3.63) is 33.7 Å². The van der Waals surface area contributed by atoms with Crippen molar-refractivity contribution in [2.75, 3.05) is 5.73 Å². The quantitative estimate of drug-likeness (QED) is 0.298. The lowest BCUT2D eigenvalue weighted by Crippen LogP contribution is -1.83. The van der Waals surface area contributed by atoms with E-state index in [9.17, 15) is 0 Å². The van der Waals surface area contributed by atoms with Crippen molar-refractivity contribution in [2.24, 2.45) is 5.11 Å². The molecule has 56 valence electrons. The smallest absolute Gasteiger partial charge is 0.0640 e. The van der Waals surface area contributed by atoms with Crippen LogP contribution in [0.4, 0.5) is 11.4 Å². The van der Waals surface area contributed by atoms with Crippen LogP contribution in [0.1, 0.15) is 0 Å². The molecule has 1 aromatic carbocycles. The summed E-state index contributed by atoms with van der Waals surface area (Å²) >= 11 is 5.64. The summed E-state index contributed by atoms with van der Waals surface area (Å²) in [4.78, 5) is 2.60. The van der Waals surface area contributed by atoms with Gasteiger partial charge in [-0.2, -0.15) is 0 Å². The van der Waals surface area contributed by atoms with E-state index in [0.717, 1.165) is 0 Å². The Balaban J connectivity index is 3.14. The molecule has 1 rings (SSSR count). The highest BCUT2D eigenvalue weighted by Crippen LogP contribution is 2.24. The number of azide groups is 1. The summed E-state index contributed by atoms with van der Waals surface area (Å²) in [5.74, 6) is 0. The van der Waals surface area contributed by atoms with Crippen molar-refractivity contribution in [1.82, 2.24) is 0 Å². The van der Waals surface area contributed by atoms with Gasteiger partial charge in [-0.25, -0.2) is 0 Å². The molecule has 0 aliphatic rings. The number of hydrogen-bond donors (Lipinski definition) is 1. The zero-order valence-corrected chi connectivity index (χ0v) is 6.28. The Labute approximate surface area is 68.2 Å². The van der Waals surface area contributed by atoms with E-state index in [0.29, 0.717) is 16.4 Å². The monoisotopic (exact) mass is 168 g/mol. The highest BCUT2D eigenvalue weighted by atomic mass is 35.5. The third kappa shape index (κ3) is 1.77. The van der Waals surface area contributed by atoms with Crippen LogP contribution < -0.4 is 5.73 Å². The van der Waals surface area contributed by atoms with E-state index in [1.165, 1.54) is 6.07 Å². The van der Waals surface area contributed by atoms with Gasteiger partial charge in [0.2, 0.25) is 0 Å². The lowest BCUT2D eigenvalue weighted by Gasteiger charge is -1.96. The zero-order valence-electron chi connectivity index (χ0n) is 5.53. The van der Waals surface area contributed by atoms with Crippen molar-refractivity contribution in [2.45, 2.75) is 0 Å². The van der Waals surface area contributed by atoms with Crippen LogP contribution in [-0.4, -0.2) is 0 Å². The van der Waals surface area contributed by atoms with Crippen molar-refractivity contribution in [3.8, 4) is 0 Å². The minimum atomic E-state index is 0.398. The number of nitrogens with two attached hydrogens (primary N) is 1. The molecule has 0 spiro atoms. The van der Waals surface area contributed by atoms with Crippen LogP contribution in [-0.2, 0) is 0 Å². The molecule has 0 unspecified atom stereocenters. The van der Waals surface area contributed by atoms with Gasteiger partial charge in [0, 0.05) is 10.6 Å². The summed E-state index contributed by atoms with van der Waals surface area (Å²) in [5.41, 5.74) is 14.4. The lowest BCUT2D eigenvalue weighted by molar-refractivity contribution is 1.48. The molecule has 4 nitrogen and oxygen atoms in total. The van der Waals surface area contributed by atoms with Gasteiger partial charge in [0.1, 0.15) is 0 Å². The van der Waals surface area contributed by atoms with Gasteiger partial charge >= 0.3 is 0 Å². The molecule has 0 bridgehead atoms. The van der Waals surface area contributed by atoms with Crippen LogP contribution in [0.15, 0.2) is 23.3 Å². The number of benzene rings is 1. The normalized spacial score (nSPS) is 8.82. The van der Waals surface area contributed by atoms with Crippen LogP contribution in [0.25, 0.3) is 10.4 Å². The molecule has 0 saturated heterocycles. The van der Waals surface area contributed by atoms with E-state index in [2.05, 4.69) is 10.0 Å². The average Bonchev–Trinajstić information content (AvgIpc) is 1.98. The summed E-state index contributed by atoms with van der Waals surface area (Å²) in [6.45, 7) is 0. The Morgan fingerprint density at radius 3 is 2.82 bits per heavy atom. The maximum atomic E-state index is 8.06. The molecule has 0 aliphatic heterocycles. The highest BCUT2D eigenvalue weighted by molar-refractivity contribution is 6.33. The van der Waals surface area contributed by atoms with E-state index in [4.69, 9.17) is 22.9 Å². The molecular formula is C6H5ClN4. The van der Waals surface area contributed by atoms with E-state index in [-0.39, 0.29) is 0 Å². The van der Waals surface area contributed by atoms with Crippen LogP contribution in [0.2, 0.25) is 5.02 Å². The Kier molecular flexibility index (Phi) is 2.21. The number of nitrogen functional groups attached to an aromatic ring is 1. The maximum absolute atomic E-state index is 8.06. The molecule has 0 fully saturated rings. The van der Waals surface area contributed by atoms with Crippen LogP contribution in [0.5, 0.6) is 0 Å². The summed E-state index contributed by atoms with van der Waals surface area (Å²) in [5, 5.41) is 3.75. The number of hydrogen-bond acceptors (Lipinski definition) is 2. The first-order valence-electron chi connectivity index (χ1n) is 2.84. The molecule has 0 aromatic heterocycles. The fourth-order valence-electron chi connectivity index (χ4n) is 0.630. The third-order valence-electron chi connectivity index (χ3n) is 1.14. The minimum Gasteiger partial charge on any atom is -0.398 e. The predicted octanol–water partition coefficient (Wildman–Crippen LogP) is 2.86. The van der Waals surface area contributed by atoms with E-state index in [1.54, 1.807) is 12.1 Å². The van der Waals surface area contributed by atoms with Gasteiger partial charge in [-0.05, 0) is 17.7 Å². The Bertz CT molecular complexity index is 316. The second-order valence-electron chi connectivity index (χ2n) is 1.90. The SMILES string of the molecule is [N-]=[N+]=Nc1ccc(N)c(Cl)c1.